The van der Waals surface area contributed by atoms with Crippen molar-refractivity contribution in [2.45, 2.75) is 39.2 Å². The van der Waals surface area contributed by atoms with Crippen LogP contribution in [-0.4, -0.2) is 33.8 Å². The minimum absolute atomic E-state index is 0.134. The van der Waals surface area contributed by atoms with E-state index in [2.05, 4.69) is 23.9 Å². The first-order chi connectivity index (χ1) is 7.38. The van der Waals surface area contributed by atoms with Gasteiger partial charge in [0, 0.05) is 6.04 Å². The van der Waals surface area contributed by atoms with Crippen molar-refractivity contribution in [3.63, 3.8) is 0 Å². The van der Waals surface area contributed by atoms with E-state index in [4.69, 9.17) is 0 Å². The monoisotopic (exact) mass is 248 g/mol. The van der Waals surface area contributed by atoms with Gasteiger partial charge in [-0.15, -0.1) is 0 Å². The molecule has 0 bridgehead atoms. The summed E-state index contributed by atoms with van der Waals surface area (Å²) in [7, 11) is -3.06. The molecule has 2 unspecified atom stereocenters. The molecule has 5 heteroatoms. The number of rotatable bonds is 6. The van der Waals surface area contributed by atoms with Crippen molar-refractivity contribution in [2.24, 2.45) is 11.8 Å². The van der Waals surface area contributed by atoms with Crippen LogP contribution in [0.15, 0.2) is 0 Å². The lowest BCUT2D eigenvalue weighted by Gasteiger charge is -2.20. The van der Waals surface area contributed by atoms with Crippen LogP contribution in [0.3, 0.4) is 0 Å². The Bertz CT molecular complexity index is 301. The van der Waals surface area contributed by atoms with Crippen LogP contribution in [0.25, 0.3) is 0 Å². The van der Waals surface area contributed by atoms with Crippen molar-refractivity contribution in [3.05, 3.63) is 0 Å². The molecule has 1 aliphatic carbocycles. The molecule has 1 rings (SSSR count). The summed E-state index contributed by atoms with van der Waals surface area (Å²) in [6.45, 7) is 6.27. The van der Waals surface area contributed by atoms with Gasteiger partial charge in [-0.2, -0.15) is 0 Å². The van der Waals surface area contributed by atoms with Crippen LogP contribution in [0.5, 0.6) is 0 Å². The Kier molecular flexibility index (Phi) is 5.21. The quantitative estimate of drug-likeness (QED) is 0.736. The predicted molar refractivity (Wildman–Crippen MR) is 66.8 cm³/mol. The van der Waals surface area contributed by atoms with E-state index in [9.17, 15) is 8.42 Å². The second-order valence-corrected chi connectivity index (χ2v) is 7.02. The highest BCUT2D eigenvalue weighted by molar-refractivity contribution is 7.88. The second kappa shape index (κ2) is 5.98. The normalized spacial score (nSPS) is 26.5. The molecule has 4 nitrogen and oxygen atoms in total. The van der Waals surface area contributed by atoms with Crippen LogP contribution in [0, 0.1) is 11.8 Å². The summed E-state index contributed by atoms with van der Waals surface area (Å²) in [5, 5.41) is 3.41. The molecule has 96 valence electrons. The Labute approximate surface area is 99.2 Å². The zero-order valence-electron chi connectivity index (χ0n) is 10.5. The first kappa shape index (κ1) is 13.9. The van der Waals surface area contributed by atoms with Crippen molar-refractivity contribution in [1.29, 1.82) is 0 Å². The van der Waals surface area contributed by atoms with Gasteiger partial charge in [0.25, 0.3) is 0 Å². The molecule has 1 aliphatic rings. The van der Waals surface area contributed by atoms with E-state index in [1.165, 1.54) is 6.26 Å². The van der Waals surface area contributed by atoms with Gasteiger partial charge in [0.1, 0.15) is 0 Å². The van der Waals surface area contributed by atoms with Crippen LogP contribution < -0.4 is 10.0 Å². The largest absolute Gasteiger partial charge is 0.316 e. The number of nitrogens with one attached hydrogen (secondary N) is 2. The van der Waals surface area contributed by atoms with E-state index in [-0.39, 0.29) is 6.04 Å². The third kappa shape index (κ3) is 5.27. The third-order valence-electron chi connectivity index (χ3n) is 2.98. The molecule has 0 heterocycles. The maximum atomic E-state index is 11.2. The minimum atomic E-state index is -3.06. The predicted octanol–water partition coefficient (Wildman–Crippen LogP) is 0.950. The zero-order valence-corrected chi connectivity index (χ0v) is 11.3. The Morgan fingerprint density at radius 1 is 1.31 bits per heavy atom. The fourth-order valence-electron chi connectivity index (χ4n) is 2.27. The molecule has 0 aromatic carbocycles. The van der Waals surface area contributed by atoms with Gasteiger partial charge in [-0.1, -0.05) is 20.3 Å². The standard InChI is InChI=1S/C11H24N2O2S/c1-9(2)7-12-8-10-5-4-6-11(10)13-16(3,14)15/h9-13H,4-8H2,1-3H3. The molecule has 0 aliphatic heterocycles. The van der Waals surface area contributed by atoms with Gasteiger partial charge in [-0.25, -0.2) is 13.1 Å². The van der Waals surface area contributed by atoms with Gasteiger partial charge < -0.3 is 5.32 Å². The molecule has 0 aromatic heterocycles. The van der Waals surface area contributed by atoms with Gasteiger partial charge in [0.15, 0.2) is 0 Å². The van der Waals surface area contributed by atoms with Crippen LogP contribution in [-0.2, 0) is 10.0 Å². The average Bonchev–Trinajstić information content (AvgIpc) is 2.49. The number of hydrogen-bond acceptors (Lipinski definition) is 3. The van der Waals surface area contributed by atoms with E-state index in [0.29, 0.717) is 11.8 Å². The Morgan fingerprint density at radius 2 is 2.00 bits per heavy atom. The van der Waals surface area contributed by atoms with Gasteiger partial charge in [0.2, 0.25) is 10.0 Å². The number of hydrogen-bond donors (Lipinski definition) is 2. The number of sulfonamides is 1. The van der Waals surface area contributed by atoms with Crippen LogP contribution in [0.4, 0.5) is 0 Å². The minimum Gasteiger partial charge on any atom is -0.316 e. The third-order valence-corrected chi connectivity index (χ3v) is 3.71. The van der Waals surface area contributed by atoms with Crippen LogP contribution in [0.2, 0.25) is 0 Å². The molecule has 0 aromatic rings. The topological polar surface area (TPSA) is 58.2 Å². The van der Waals surface area contributed by atoms with E-state index < -0.39 is 10.0 Å². The zero-order chi connectivity index (χ0) is 12.2. The van der Waals surface area contributed by atoms with E-state index in [1.54, 1.807) is 0 Å². The summed E-state index contributed by atoms with van der Waals surface area (Å²) in [4.78, 5) is 0. The van der Waals surface area contributed by atoms with Crippen LogP contribution >= 0.6 is 0 Å². The summed E-state index contributed by atoms with van der Waals surface area (Å²) in [6, 6.07) is 0.134. The lowest BCUT2D eigenvalue weighted by atomic mass is 10.0. The summed E-state index contributed by atoms with van der Waals surface area (Å²) in [5.41, 5.74) is 0. The smallest absolute Gasteiger partial charge is 0.208 e. The van der Waals surface area contributed by atoms with Crippen LogP contribution in [0.1, 0.15) is 33.1 Å². The van der Waals surface area contributed by atoms with Gasteiger partial charge in [-0.3, -0.25) is 0 Å². The maximum Gasteiger partial charge on any atom is 0.208 e. The van der Waals surface area contributed by atoms with Crippen molar-refractivity contribution in [1.82, 2.24) is 10.0 Å². The van der Waals surface area contributed by atoms with Crippen molar-refractivity contribution < 1.29 is 8.42 Å². The lowest BCUT2D eigenvalue weighted by molar-refractivity contribution is 0.404. The van der Waals surface area contributed by atoms with E-state index in [1.807, 2.05) is 0 Å². The van der Waals surface area contributed by atoms with Gasteiger partial charge in [-0.05, 0) is 37.8 Å². The molecule has 1 saturated carbocycles. The first-order valence-corrected chi connectivity index (χ1v) is 7.95. The molecule has 0 amide bonds. The summed E-state index contributed by atoms with van der Waals surface area (Å²) >= 11 is 0. The molecule has 2 N–H and O–H groups in total. The SMILES string of the molecule is CC(C)CNCC1CCCC1NS(C)(=O)=O. The Balaban J connectivity index is 2.35. The summed E-state index contributed by atoms with van der Waals surface area (Å²) < 4.78 is 25.1. The van der Waals surface area contributed by atoms with Crippen molar-refractivity contribution >= 4 is 10.0 Å². The van der Waals surface area contributed by atoms with Gasteiger partial charge in [0.05, 0.1) is 6.26 Å². The molecule has 0 radical (unpaired) electrons. The molecular formula is C11H24N2O2S. The first-order valence-electron chi connectivity index (χ1n) is 6.06. The molecule has 16 heavy (non-hydrogen) atoms. The summed E-state index contributed by atoms with van der Waals surface area (Å²) in [6.07, 6.45) is 4.46. The van der Waals surface area contributed by atoms with Gasteiger partial charge >= 0.3 is 0 Å². The fourth-order valence-corrected chi connectivity index (χ4v) is 3.13. The fraction of sp³-hybridized carbons (Fsp3) is 1.00. The Hall–Kier alpha value is -0.130. The Morgan fingerprint density at radius 3 is 2.56 bits per heavy atom. The average molecular weight is 248 g/mol. The highest BCUT2D eigenvalue weighted by atomic mass is 32.2. The van der Waals surface area contributed by atoms with E-state index in [0.717, 1.165) is 32.4 Å². The maximum absolute atomic E-state index is 11.2. The second-order valence-electron chi connectivity index (χ2n) is 5.24. The molecular weight excluding hydrogens is 224 g/mol. The molecule has 0 spiro atoms. The summed E-state index contributed by atoms with van der Waals surface area (Å²) in [5.74, 6) is 1.09. The molecule has 0 saturated heterocycles. The molecule has 2 atom stereocenters. The lowest BCUT2D eigenvalue weighted by Crippen LogP contribution is -2.40. The highest BCUT2D eigenvalue weighted by Gasteiger charge is 2.28. The highest BCUT2D eigenvalue weighted by Crippen LogP contribution is 2.25. The molecule has 1 fully saturated rings. The van der Waals surface area contributed by atoms with E-state index >= 15 is 0 Å². The van der Waals surface area contributed by atoms with Crippen molar-refractivity contribution in [2.75, 3.05) is 19.3 Å². The van der Waals surface area contributed by atoms with Crippen molar-refractivity contribution in [3.8, 4) is 0 Å².